The fourth-order valence-electron chi connectivity index (χ4n) is 10.4. The van der Waals surface area contributed by atoms with Crippen LogP contribution in [0, 0.1) is 50.2 Å². The minimum atomic E-state index is -0.691. The number of hydrogen-bond acceptors (Lipinski definition) is 3. The lowest BCUT2D eigenvalue weighted by Crippen LogP contribution is -2.67. The summed E-state index contributed by atoms with van der Waals surface area (Å²) in [6, 6.07) is 0. The Morgan fingerprint density at radius 1 is 0.941 bits per heavy atom. The van der Waals surface area contributed by atoms with Gasteiger partial charge in [0.2, 0.25) is 0 Å². The van der Waals surface area contributed by atoms with Gasteiger partial charge in [-0.05, 0) is 91.8 Å². The second-order valence-electron chi connectivity index (χ2n) is 14.9. The SMILES string of the molecule is CC1(C(=O)O)CCC2(C)CCC3(C)C(=CC(O)C4C5(C)CCC(=O)C(C)(C)C5CCC43C)C2C1. The van der Waals surface area contributed by atoms with Crippen molar-refractivity contribution >= 4 is 11.8 Å². The van der Waals surface area contributed by atoms with Crippen molar-refractivity contribution in [1.82, 2.24) is 0 Å². The molecule has 0 aromatic carbocycles. The Kier molecular flexibility index (Phi) is 5.04. The number of carboxylic acids is 1. The van der Waals surface area contributed by atoms with Crippen LogP contribution in [0.3, 0.4) is 0 Å². The van der Waals surface area contributed by atoms with Gasteiger partial charge in [-0.1, -0.05) is 53.2 Å². The van der Waals surface area contributed by atoms with Crippen LogP contribution in [0.25, 0.3) is 0 Å². The van der Waals surface area contributed by atoms with Gasteiger partial charge in [0.15, 0.2) is 0 Å². The van der Waals surface area contributed by atoms with Crippen molar-refractivity contribution < 1.29 is 19.8 Å². The van der Waals surface area contributed by atoms with Crippen molar-refractivity contribution in [2.24, 2.45) is 50.2 Å². The molecule has 5 rings (SSSR count). The predicted molar refractivity (Wildman–Crippen MR) is 133 cm³/mol. The smallest absolute Gasteiger partial charge is 0.309 e. The van der Waals surface area contributed by atoms with Crippen LogP contribution in [-0.2, 0) is 9.59 Å². The van der Waals surface area contributed by atoms with E-state index in [-0.39, 0.29) is 38.9 Å². The Balaban J connectivity index is 1.62. The molecule has 9 atom stereocenters. The highest BCUT2D eigenvalue weighted by Crippen LogP contribution is 2.75. The number of allylic oxidation sites excluding steroid dienone is 1. The normalized spacial score (nSPS) is 54.1. The molecule has 0 amide bonds. The van der Waals surface area contributed by atoms with Crippen molar-refractivity contribution in [3.05, 3.63) is 11.6 Å². The van der Waals surface area contributed by atoms with E-state index in [1.807, 2.05) is 6.92 Å². The summed E-state index contributed by atoms with van der Waals surface area (Å²) in [6.45, 7) is 15.8. The van der Waals surface area contributed by atoms with Gasteiger partial charge < -0.3 is 10.2 Å². The van der Waals surface area contributed by atoms with Crippen LogP contribution in [0.4, 0.5) is 0 Å². The number of carbonyl (C=O) groups excluding carboxylic acids is 1. The van der Waals surface area contributed by atoms with Gasteiger partial charge in [0.05, 0.1) is 11.5 Å². The molecule has 34 heavy (non-hydrogen) atoms. The first-order valence-electron chi connectivity index (χ1n) is 13.7. The third-order valence-corrected chi connectivity index (χ3v) is 13.0. The zero-order valence-corrected chi connectivity index (χ0v) is 22.5. The molecule has 0 saturated heterocycles. The monoisotopic (exact) mass is 470 g/mol. The quantitative estimate of drug-likeness (QED) is 0.434. The van der Waals surface area contributed by atoms with Gasteiger partial charge in [0.25, 0.3) is 0 Å². The Labute approximate surface area is 206 Å². The minimum Gasteiger partial charge on any atom is -0.481 e. The summed E-state index contributed by atoms with van der Waals surface area (Å²) in [5.74, 6) is 0.341. The molecule has 4 fully saturated rings. The van der Waals surface area contributed by atoms with E-state index in [1.54, 1.807) is 0 Å². The number of aliphatic carboxylic acids is 1. The summed E-state index contributed by atoms with van der Waals surface area (Å²) in [5.41, 5.74) is 0.267. The maximum atomic E-state index is 12.9. The van der Waals surface area contributed by atoms with Crippen LogP contribution in [0.2, 0.25) is 0 Å². The molecule has 0 spiro atoms. The number of rotatable bonds is 1. The van der Waals surface area contributed by atoms with Gasteiger partial charge in [-0.25, -0.2) is 0 Å². The molecule has 5 aliphatic carbocycles. The van der Waals surface area contributed by atoms with E-state index in [0.717, 1.165) is 44.9 Å². The third kappa shape index (κ3) is 2.81. The third-order valence-electron chi connectivity index (χ3n) is 13.0. The molecule has 2 N–H and O–H groups in total. The topological polar surface area (TPSA) is 74.6 Å². The maximum absolute atomic E-state index is 12.9. The number of carboxylic acid groups (broad SMARTS) is 1. The molecular formula is C30H46O4. The zero-order valence-electron chi connectivity index (χ0n) is 22.5. The Hall–Kier alpha value is -1.16. The predicted octanol–water partition coefficient (Wildman–Crippen LogP) is 6.41. The highest BCUT2D eigenvalue weighted by molar-refractivity contribution is 5.85. The van der Waals surface area contributed by atoms with Crippen molar-refractivity contribution in [3.8, 4) is 0 Å². The Morgan fingerprint density at radius 3 is 2.24 bits per heavy atom. The van der Waals surface area contributed by atoms with Crippen molar-refractivity contribution in [2.75, 3.05) is 0 Å². The molecule has 0 aromatic heterocycles. The molecular weight excluding hydrogens is 424 g/mol. The van der Waals surface area contributed by atoms with E-state index in [4.69, 9.17) is 0 Å². The van der Waals surface area contributed by atoms with E-state index in [2.05, 4.69) is 47.6 Å². The van der Waals surface area contributed by atoms with Gasteiger partial charge >= 0.3 is 5.97 Å². The number of hydrogen-bond donors (Lipinski definition) is 2. The van der Waals surface area contributed by atoms with Crippen LogP contribution in [0.1, 0.15) is 106 Å². The molecule has 4 heteroatoms. The van der Waals surface area contributed by atoms with Crippen LogP contribution >= 0.6 is 0 Å². The minimum absolute atomic E-state index is 0.0442. The maximum Gasteiger partial charge on any atom is 0.309 e. The lowest BCUT2D eigenvalue weighted by Gasteiger charge is -2.71. The number of aliphatic hydroxyl groups is 1. The van der Waals surface area contributed by atoms with Crippen LogP contribution in [0.5, 0.6) is 0 Å². The van der Waals surface area contributed by atoms with E-state index in [0.29, 0.717) is 24.5 Å². The number of aliphatic hydroxyl groups excluding tert-OH is 1. The molecule has 0 radical (unpaired) electrons. The molecule has 0 bridgehead atoms. The standard InChI is InChI=1S/C30H46O4/c1-25(2)21-8-11-30(7)23(28(21,5)10-9-22(25)32)20(31)16-18-19-17-27(4,24(33)34)13-12-26(19,3)14-15-29(18,30)6/h16,19-21,23,31H,8-15,17H2,1-7H3,(H,33,34). The molecule has 5 aliphatic rings. The Morgan fingerprint density at radius 2 is 1.59 bits per heavy atom. The van der Waals surface area contributed by atoms with Gasteiger partial charge in [-0.3, -0.25) is 9.59 Å². The van der Waals surface area contributed by atoms with Gasteiger partial charge in [-0.2, -0.15) is 0 Å². The summed E-state index contributed by atoms with van der Waals surface area (Å²) in [7, 11) is 0. The fourth-order valence-corrected chi connectivity index (χ4v) is 10.4. The zero-order chi connectivity index (χ0) is 25.1. The largest absolute Gasteiger partial charge is 0.481 e. The van der Waals surface area contributed by atoms with Crippen LogP contribution in [-0.4, -0.2) is 28.1 Å². The van der Waals surface area contributed by atoms with Crippen molar-refractivity contribution in [2.45, 2.75) is 112 Å². The van der Waals surface area contributed by atoms with Crippen molar-refractivity contribution in [3.63, 3.8) is 0 Å². The van der Waals surface area contributed by atoms with Crippen molar-refractivity contribution in [1.29, 1.82) is 0 Å². The van der Waals surface area contributed by atoms with Gasteiger partial charge in [0.1, 0.15) is 5.78 Å². The summed E-state index contributed by atoms with van der Waals surface area (Å²) in [5, 5.41) is 22.0. The summed E-state index contributed by atoms with van der Waals surface area (Å²) >= 11 is 0. The van der Waals surface area contributed by atoms with Gasteiger partial charge in [-0.15, -0.1) is 0 Å². The molecule has 4 nitrogen and oxygen atoms in total. The highest BCUT2D eigenvalue weighted by atomic mass is 16.4. The van der Waals surface area contributed by atoms with Crippen LogP contribution < -0.4 is 0 Å². The van der Waals surface area contributed by atoms with E-state index in [1.165, 1.54) is 5.57 Å². The van der Waals surface area contributed by atoms with E-state index < -0.39 is 17.5 Å². The molecule has 9 unspecified atom stereocenters. The molecule has 0 aliphatic heterocycles. The summed E-state index contributed by atoms with van der Waals surface area (Å²) in [6.07, 6.45) is 9.80. The molecule has 0 heterocycles. The van der Waals surface area contributed by atoms with E-state index in [9.17, 15) is 19.8 Å². The first-order chi connectivity index (χ1) is 15.6. The summed E-state index contributed by atoms with van der Waals surface area (Å²) < 4.78 is 0. The molecule has 4 saturated carbocycles. The second kappa shape index (κ2) is 6.99. The number of fused-ring (bicyclic) bond motifs is 7. The Bertz CT molecular complexity index is 965. The first-order valence-corrected chi connectivity index (χ1v) is 13.7. The average molecular weight is 471 g/mol. The fraction of sp³-hybridized carbons (Fsp3) is 0.867. The number of Topliss-reactive ketones (excluding diaryl/α,β-unsaturated/α-hetero) is 1. The number of carbonyl (C=O) groups is 2. The van der Waals surface area contributed by atoms with Crippen LogP contribution in [0.15, 0.2) is 11.6 Å². The van der Waals surface area contributed by atoms with E-state index >= 15 is 0 Å². The molecule has 190 valence electrons. The first kappa shape index (κ1) is 24.5. The molecule has 0 aromatic rings. The lowest BCUT2D eigenvalue weighted by molar-refractivity contribution is -0.206. The lowest BCUT2D eigenvalue weighted by atomic mass is 9.33. The second-order valence-corrected chi connectivity index (χ2v) is 14.9. The highest BCUT2D eigenvalue weighted by Gasteiger charge is 2.70. The number of ketones is 1. The average Bonchev–Trinajstić information content (AvgIpc) is 2.73. The summed E-state index contributed by atoms with van der Waals surface area (Å²) in [4.78, 5) is 25.2. The van der Waals surface area contributed by atoms with Gasteiger partial charge in [0, 0.05) is 17.8 Å².